The molecule has 11 nitrogen and oxygen atoms in total. The summed E-state index contributed by atoms with van der Waals surface area (Å²) >= 11 is 3.26. The van der Waals surface area contributed by atoms with Gasteiger partial charge in [0.25, 0.3) is 0 Å². The molecule has 0 spiro atoms. The minimum atomic E-state index is -0.630. The van der Waals surface area contributed by atoms with Crippen LogP contribution in [-0.4, -0.2) is 21.6 Å². The molecule has 226 valence electrons. The third kappa shape index (κ3) is 7.29. The summed E-state index contributed by atoms with van der Waals surface area (Å²) in [6.45, 7) is 4.11. The third-order valence-corrected chi connectivity index (χ3v) is 7.23. The summed E-state index contributed by atoms with van der Waals surface area (Å²) in [5, 5.41) is 25.1. The molecule has 0 saturated heterocycles. The number of carbonyl (C=O) groups is 1. The maximum atomic E-state index is 12.7. The molecule has 1 N–H and O–H groups in total. The molecule has 5 rings (SSSR count). The van der Waals surface area contributed by atoms with Crippen LogP contribution in [0.5, 0.6) is 11.5 Å². The fourth-order valence-electron chi connectivity index (χ4n) is 4.61. The van der Waals surface area contributed by atoms with E-state index in [-0.39, 0.29) is 36.0 Å². The Kier molecular flexibility index (Phi) is 9.40. The number of nitrogens with one attached hydrogen (secondary N) is 1. The Balaban J connectivity index is 1.22. The second-order valence-electron chi connectivity index (χ2n) is 9.86. The predicted molar refractivity (Wildman–Crippen MR) is 170 cm³/mol. The number of rotatable bonds is 11. The van der Waals surface area contributed by atoms with Crippen molar-refractivity contribution >= 4 is 33.7 Å². The molecule has 0 radical (unpaired) electrons. The fraction of sp³-hybridized carbons (Fsp3) is 0.121. The van der Waals surface area contributed by atoms with Crippen molar-refractivity contribution in [2.75, 3.05) is 0 Å². The van der Waals surface area contributed by atoms with Crippen molar-refractivity contribution in [3.63, 3.8) is 0 Å². The van der Waals surface area contributed by atoms with Crippen molar-refractivity contribution in [2.45, 2.75) is 27.1 Å². The molecule has 2 aromatic heterocycles. The highest BCUT2D eigenvalue weighted by atomic mass is 79.9. The zero-order valence-corrected chi connectivity index (χ0v) is 25.8. The fourth-order valence-corrected chi connectivity index (χ4v) is 5.07. The van der Waals surface area contributed by atoms with E-state index in [0.717, 1.165) is 17.1 Å². The van der Waals surface area contributed by atoms with Crippen LogP contribution in [0.3, 0.4) is 0 Å². The Labute approximate surface area is 266 Å². The van der Waals surface area contributed by atoms with Crippen molar-refractivity contribution in [2.24, 2.45) is 5.10 Å². The largest absolute Gasteiger partial charge is 0.486 e. The lowest BCUT2D eigenvalue weighted by Gasteiger charge is -2.11. The molecule has 2 heterocycles. The second-order valence-corrected chi connectivity index (χ2v) is 10.8. The summed E-state index contributed by atoms with van der Waals surface area (Å²) < 4.78 is 19.8. The lowest BCUT2D eigenvalue weighted by Crippen LogP contribution is -2.17. The number of halogens is 1. The van der Waals surface area contributed by atoms with Crippen molar-refractivity contribution < 1.29 is 23.6 Å². The zero-order chi connectivity index (χ0) is 31.9. The number of amides is 1. The number of hydrogen-bond acceptors (Lipinski definition) is 8. The molecule has 1 amide bonds. The minimum Gasteiger partial charge on any atom is -0.486 e. The van der Waals surface area contributed by atoms with Gasteiger partial charge < -0.3 is 18.5 Å². The van der Waals surface area contributed by atoms with E-state index in [1.165, 1.54) is 18.3 Å². The van der Waals surface area contributed by atoms with Crippen LogP contribution < -0.4 is 14.9 Å². The van der Waals surface area contributed by atoms with Crippen LogP contribution in [0, 0.1) is 35.3 Å². The molecule has 0 atom stereocenters. The summed E-state index contributed by atoms with van der Waals surface area (Å²) in [6, 6.07) is 26.6. The number of nitro groups is 1. The molecular formula is C33H26BrN5O6. The molecule has 3 aromatic carbocycles. The van der Waals surface area contributed by atoms with E-state index in [1.807, 2.05) is 38.1 Å². The average molecular weight is 669 g/mol. The Hall–Kier alpha value is -5.67. The molecule has 0 bridgehead atoms. The van der Waals surface area contributed by atoms with Gasteiger partial charge in [0.05, 0.1) is 22.8 Å². The minimum absolute atomic E-state index is 0.00413. The molecule has 0 aliphatic rings. The van der Waals surface area contributed by atoms with E-state index in [0.29, 0.717) is 27.1 Å². The van der Waals surface area contributed by atoms with Gasteiger partial charge in [-0.25, -0.2) is 5.43 Å². The van der Waals surface area contributed by atoms with Crippen LogP contribution in [0.25, 0.3) is 5.69 Å². The van der Waals surface area contributed by atoms with Crippen molar-refractivity contribution in [1.82, 2.24) is 9.99 Å². The number of aryl methyl sites for hydroxylation is 2. The smallest absolute Gasteiger partial charge is 0.312 e. The number of nitriles is 1. The van der Waals surface area contributed by atoms with Gasteiger partial charge in [0.2, 0.25) is 5.75 Å². The lowest BCUT2D eigenvalue weighted by molar-refractivity contribution is -0.386. The van der Waals surface area contributed by atoms with E-state index < -0.39 is 10.8 Å². The number of aromatic nitrogens is 1. The van der Waals surface area contributed by atoms with Crippen LogP contribution in [0.4, 0.5) is 5.69 Å². The van der Waals surface area contributed by atoms with E-state index in [2.05, 4.69) is 49.2 Å². The first-order valence-electron chi connectivity index (χ1n) is 13.6. The Morgan fingerprint density at radius 3 is 2.49 bits per heavy atom. The van der Waals surface area contributed by atoms with Gasteiger partial charge in [0.1, 0.15) is 24.7 Å². The maximum absolute atomic E-state index is 12.7. The highest BCUT2D eigenvalue weighted by Gasteiger charge is 2.21. The first-order chi connectivity index (χ1) is 21.7. The standard InChI is InChI=1S/C33H26BrN5O6/c1-21-7-8-22(2)38(21)27-9-11-28(12-10-27)43-20-29-13-14-31(45-29)33(40)37-36-18-25-15-26(34)16-30(39(41)42)32(25)44-19-24-6-4-3-5-23(24)17-35/h3-16,18H,19-20H2,1-2H3,(H,37,40)/b36-18+. The second kappa shape index (κ2) is 13.7. The van der Waals surface area contributed by atoms with Gasteiger partial charge in [0.15, 0.2) is 5.76 Å². The van der Waals surface area contributed by atoms with E-state index in [1.54, 1.807) is 36.4 Å². The zero-order valence-electron chi connectivity index (χ0n) is 24.2. The first-order valence-corrected chi connectivity index (χ1v) is 14.4. The molecule has 0 unspecified atom stereocenters. The van der Waals surface area contributed by atoms with Gasteiger partial charge in [0, 0.05) is 38.7 Å². The van der Waals surface area contributed by atoms with E-state index in [9.17, 15) is 20.2 Å². The SMILES string of the molecule is Cc1ccc(C)n1-c1ccc(OCc2ccc(C(=O)N/N=C/c3cc(Br)cc([N+](=O)[O-])c3OCc3ccccc3C#N)o2)cc1. The number of carbonyl (C=O) groups excluding carboxylic acids is 1. The van der Waals surface area contributed by atoms with Crippen LogP contribution in [-0.2, 0) is 13.2 Å². The lowest BCUT2D eigenvalue weighted by atomic mass is 10.1. The Morgan fingerprint density at radius 2 is 1.78 bits per heavy atom. The molecule has 0 aliphatic carbocycles. The molecule has 12 heteroatoms. The van der Waals surface area contributed by atoms with Crippen LogP contribution >= 0.6 is 15.9 Å². The van der Waals surface area contributed by atoms with Crippen LogP contribution in [0.2, 0.25) is 0 Å². The number of hydrogen-bond donors (Lipinski definition) is 1. The Bertz CT molecular complexity index is 1920. The average Bonchev–Trinajstić information content (AvgIpc) is 3.65. The van der Waals surface area contributed by atoms with Crippen molar-refractivity contribution in [1.29, 1.82) is 5.26 Å². The number of nitrogens with zero attached hydrogens (tertiary/aromatic N) is 4. The van der Waals surface area contributed by atoms with E-state index in [4.69, 9.17) is 13.9 Å². The molecule has 0 aliphatic heterocycles. The molecule has 0 saturated carbocycles. The summed E-state index contributed by atoms with van der Waals surface area (Å²) in [5.74, 6) is 0.378. The summed E-state index contributed by atoms with van der Waals surface area (Å²) in [4.78, 5) is 23.9. The summed E-state index contributed by atoms with van der Waals surface area (Å²) in [5.41, 5.74) is 6.52. The van der Waals surface area contributed by atoms with E-state index >= 15 is 0 Å². The summed E-state index contributed by atoms with van der Waals surface area (Å²) in [6.07, 6.45) is 1.23. The molecule has 0 fully saturated rings. The monoisotopic (exact) mass is 667 g/mol. The van der Waals surface area contributed by atoms with Gasteiger partial charge >= 0.3 is 11.6 Å². The van der Waals surface area contributed by atoms with Gasteiger partial charge in [-0.3, -0.25) is 14.9 Å². The summed E-state index contributed by atoms with van der Waals surface area (Å²) in [7, 11) is 0. The highest BCUT2D eigenvalue weighted by Crippen LogP contribution is 2.34. The van der Waals surface area contributed by atoms with Gasteiger partial charge in [-0.2, -0.15) is 10.4 Å². The highest BCUT2D eigenvalue weighted by molar-refractivity contribution is 9.10. The predicted octanol–water partition coefficient (Wildman–Crippen LogP) is 7.15. The van der Waals surface area contributed by atoms with Gasteiger partial charge in [-0.15, -0.1) is 0 Å². The van der Waals surface area contributed by atoms with Crippen LogP contribution in [0.1, 0.15) is 44.4 Å². The number of benzene rings is 3. The molecule has 5 aromatic rings. The normalized spacial score (nSPS) is 10.9. The Morgan fingerprint density at radius 1 is 1.04 bits per heavy atom. The van der Waals surface area contributed by atoms with Gasteiger partial charge in [-0.1, -0.05) is 34.1 Å². The maximum Gasteiger partial charge on any atom is 0.312 e. The number of furan rings is 1. The third-order valence-electron chi connectivity index (χ3n) is 6.77. The number of ether oxygens (including phenoxy) is 2. The number of hydrazone groups is 1. The van der Waals surface area contributed by atoms with Crippen molar-refractivity contribution in [3.05, 3.63) is 139 Å². The molecular weight excluding hydrogens is 642 g/mol. The number of nitro benzene ring substituents is 1. The topological polar surface area (TPSA) is 145 Å². The van der Waals surface area contributed by atoms with Gasteiger partial charge in [-0.05, 0) is 74.5 Å². The first kappa shape index (κ1) is 30.8. The van der Waals surface area contributed by atoms with Crippen molar-refractivity contribution in [3.8, 4) is 23.3 Å². The molecule has 45 heavy (non-hydrogen) atoms. The quantitative estimate of drug-likeness (QED) is 0.0894. The van der Waals surface area contributed by atoms with Crippen LogP contribution in [0.15, 0.2) is 98.9 Å².